The van der Waals surface area contributed by atoms with Gasteiger partial charge in [0.15, 0.2) is 5.82 Å². The largest absolute Gasteiger partial charge is 0.387 e. The molecular weight excluding hydrogens is 242 g/mol. The Morgan fingerprint density at radius 3 is 2.88 bits per heavy atom. The van der Waals surface area contributed by atoms with E-state index in [1.54, 1.807) is 17.0 Å². The van der Waals surface area contributed by atoms with Crippen molar-refractivity contribution in [1.82, 2.24) is 18.9 Å². The number of aromatic nitrogens is 4. The highest BCUT2D eigenvalue weighted by atomic mass is 32.1. The molecule has 5 nitrogen and oxygen atoms in total. The molecule has 2 aromatic rings. The van der Waals surface area contributed by atoms with Crippen LogP contribution in [0.1, 0.15) is 31.4 Å². The maximum Gasteiger partial charge on any atom is 0.215 e. The molecule has 0 atom stereocenters. The number of imidazole rings is 1. The van der Waals surface area contributed by atoms with Crippen LogP contribution in [0.4, 0.5) is 0 Å². The van der Waals surface area contributed by atoms with Gasteiger partial charge in [-0.1, -0.05) is 26.1 Å². The van der Waals surface area contributed by atoms with Gasteiger partial charge in [0.05, 0.1) is 0 Å². The van der Waals surface area contributed by atoms with E-state index in [4.69, 9.17) is 18.0 Å². The van der Waals surface area contributed by atoms with Crippen molar-refractivity contribution in [2.24, 2.45) is 5.73 Å². The molecule has 0 spiro atoms. The first kappa shape index (κ1) is 11.2. The first-order valence-electron chi connectivity index (χ1n) is 4.76. The molecule has 0 unspecified atom stereocenters. The first-order chi connectivity index (χ1) is 7.59. The quantitative estimate of drug-likeness (QED) is 0.839. The fourth-order valence-corrected chi connectivity index (χ4v) is 2.15. The van der Waals surface area contributed by atoms with Crippen molar-refractivity contribution in [3.05, 3.63) is 24.0 Å². The Hall–Kier alpha value is -1.34. The van der Waals surface area contributed by atoms with Gasteiger partial charge in [-0.3, -0.25) is 4.57 Å². The van der Waals surface area contributed by atoms with Gasteiger partial charge in [-0.05, 0) is 0 Å². The lowest BCUT2D eigenvalue weighted by atomic mass is 10.2. The van der Waals surface area contributed by atoms with E-state index in [0.717, 1.165) is 11.0 Å². The Kier molecular flexibility index (Phi) is 2.97. The van der Waals surface area contributed by atoms with E-state index >= 15 is 0 Å². The first-order valence-corrected chi connectivity index (χ1v) is 5.95. The third-order valence-electron chi connectivity index (χ3n) is 2.01. The van der Waals surface area contributed by atoms with Crippen LogP contribution in [-0.4, -0.2) is 23.9 Å². The van der Waals surface area contributed by atoms with Crippen LogP contribution in [0.3, 0.4) is 0 Å². The van der Waals surface area contributed by atoms with Crippen LogP contribution in [-0.2, 0) is 0 Å². The zero-order valence-corrected chi connectivity index (χ0v) is 10.5. The van der Waals surface area contributed by atoms with Crippen molar-refractivity contribution in [3.63, 3.8) is 0 Å². The Bertz CT molecular complexity index is 513. The van der Waals surface area contributed by atoms with E-state index in [1.165, 1.54) is 11.5 Å². The van der Waals surface area contributed by atoms with Crippen molar-refractivity contribution in [1.29, 1.82) is 0 Å². The van der Waals surface area contributed by atoms with Gasteiger partial charge in [0, 0.05) is 29.8 Å². The molecule has 0 aliphatic carbocycles. The molecule has 2 rings (SSSR count). The summed E-state index contributed by atoms with van der Waals surface area (Å²) < 4.78 is 6.03. The lowest BCUT2D eigenvalue weighted by molar-refractivity contribution is 0.792. The van der Waals surface area contributed by atoms with Crippen LogP contribution < -0.4 is 5.73 Å². The maximum atomic E-state index is 5.57. The molecule has 2 heterocycles. The zero-order valence-electron chi connectivity index (χ0n) is 8.91. The molecule has 0 bridgehead atoms. The lowest BCUT2D eigenvalue weighted by Gasteiger charge is -2.00. The van der Waals surface area contributed by atoms with Gasteiger partial charge >= 0.3 is 0 Å². The van der Waals surface area contributed by atoms with Crippen molar-refractivity contribution in [2.75, 3.05) is 0 Å². The number of thiocarbonyl (C=S) groups is 1. The van der Waals surface area contributed by atoms with Crippen molar-refractivity contribution in [2.45, 2.75) is 19.8 Å². The number of rotatable bonds is 3. The molecule has 2 aromatic heterocycles. The Balaban J connectivity index is 2.42. The van der Waals surface area contributed by atoms with E-state index in [-0.39, 0.29) is 4.99 Å². The summed E-state index contributed by atoms with van der Waals surface area (Å²) in [6, 6.07) is 0. The number of hydrogen-bond donors (Lipinski definition) is 1. The van der Waals surface area contributed by atoms with E-state index in [1.807, 2.05) is 13.8 Å². The van der Waals surface area contributed by atoms with Gasteiger partial charge in [-0.2, -0.15) is 4.37 Å². The highest BCUT2D eigenvalue weighted by Gasteiger charge is 2.13. The summed E-state index contributed by atoms with van der Waals surface area (Å²) in [4.78, 5) is 8.75. The van der Waals surface area contributed by atoms with E-state index in [2.05, 4.69) is 14.3 Å². The molecule has 2 N–H and O–H groups in total. The minimum absolute atomic E-state index is 0.256. The molecule has 0 aliphatic heterocycles. The number of hydrogen-bond acceptors (Lipinski definition) is 5. The molecule has 0 fully saturated rings. The summed E-state index contributed by atoms with van der Waals surface area (Å²) in [6.45, 7) is 4.10. The Morgan fingerprint density at radius 1 is 1.56 bits per heavy atom. The SMILES string of the molecule is CC(C)c1nsc(-n2ccnc2C(N)=S)n1. The van der Waals surface area contributed by atoms with Gasteiger partial charge in [-0.25, -0.2) is 9.97 Å². The minimum atomic E-state index is 0.256. The molecular formula is C9H11N5S2. The molecule has 0 aromatic carbocycles. The van der Waals surface area contributed by atoms with Crippen LogP contribution >= 0.6 is 23.8 Å². The van der Waals surface area contributed by atoms with Crippen LogP contribution in [0.5, 0.6) is 0 Å². The van der Waals surface area contributed by atoms with Crippen molar-refractivity contribution < 1.29 is 0 Å². The monoisotopic (exact) mass is 253 g/mol. The van der Waals surface area contributed by atoms with Crippen LogP contribution in [0.2, 0.25) is 0 Å². The molecule has 7 heteroatoms. The second-order valence-corrected chi connectivity index (χ2v) is 4.75. The molecule has 0 saturated carbocycles. The standard InChI is InChI=1S/C9H11N5S2/c1-5(2)7-12-9(16-13-7)14-4-3-11-8(14)6(10)15/h3-5H,1-2H3,(H2,10,15). The predicted molar refractivity (Wildman–Crippen MR) is 67.0 cm³/mol. The van der Waals surface area contributed by atoms with Gasteiger partial charge in [0.25, 0.3) is 0 Å². The second-order valence-electron chi connectivity index (χ2n) is 3.57. The molecule has 84 valence electrons. The predicted octanol–water partition coefficient (Wildman–Crippen LogP) is 1.48. The molecule has 0 aliphatic rings. The van der Waals surface area contributed by atoms with Gasteiger partial charge in [-0.15, -0.1) is 0 Å². The van der Waals surface area contributed by atoms with Crippen LogP contribution in [0.15, 0.2) is 12.4 Å². The highest BCUT2D eigenvalue weighted by molar-refractivity contribution is 7.80. The van der Waals surface area contributed by atoms with Gasteiger partial charge in [0.1, 0.15) is 10.8 Å². The summed E-state index contributed by atoms with van der Waals surface area (Å²) in [5.41, 5.74) is 5.57. The summed E-state index contributed by atoms with van der Waals surface area (Å²) in [7, 11) is 0. The van der Waals surface area contributed by atoms with Crippen LogP contribution in [0.25, 0.3) is 5.13 Å². The van der Waals surface area contributed by atoms with E-state index in [0.29, 0.717) is 11.7 Å². The molecule has 0 amide bonds. The normalized spacial score (nSPS) is 10.9. The lowest BCUT2D eigenvalue weighted by Crippen LogP contribution is -2.15. The van der Waals surface area contributed by atoms with Gasteiger partial charge < -0.3 is 5.73 Å². The smallest absolute Gasteiger partial charge is 0.215 e. The van der Waals surface area contributed by atoms with E-state index < -0.39 is 0 Å². The van der Waals surface area contributed by atoms with E-state index in [9.17, 15) is 0 Å². The number of nitrogens with zero attached hydrogens (tertiary/aromatic N) is 4. The minimum Gasteiger partial charge on any atom is -0.387 e. The summed E-state index contributed by atoms with van der Waals surface area (Å²) in [5, 5.41) is 0.740. The van der Waals surface area contributed by atoms with Crippen molar-refractivity contribution in [3.8, 4) is 5.13 Å². The molecule has 16 heavy (non-hydrogen) atoms. The Morgan fingerprint density at radius 2 is 2.31 bits per heavy atom. The second kappa shape index (κ2) is 4.26. The summed E-state index contributed by atoms with van der Waals surface area (Å²) >= 11 is 6.23. The summed E-state index contributed by atoms with van der Waals surface area (Å²) in [6.07, 6.45) is 3.42. The number of nitrogens with two attached hydrogens (primary N) is 1. The maximum absolute atomic E-state index is 5.57. The summed E-state index contributed by atoms with van der Waals surface area (Å²) in [5.74, 6) is 1.67. The fourth-order valence-electron chi connectivity index (χ4n) is 1.20. The molecule has 0 saturated heterocycles. The van der Waals surface area contributed by atoms with Gasteiger partial charge in [0.2, 0.25) is 5.13 Å². The third-order valence-corrected chi connectivity index (χ3v) is 2.93. The average Bonchev–Trinajstić information content (AvgIpc) is 2.86. The fraction of sp³-hybridized carbons (Fsp3) is 0.333. The topological polar surface area (TPSA) is 69.6 Å². The van der Waals surface area contributed by atoms with Crippen molar-refractivity contribution >= 4 is 28.7 Å². The van der Waals surface area contributed by atoms with Crippen LogP contribution in [0, 0.1) is 0 Å². The third kappa shape index (κ3) is 1.96. The highest BCUT2D eigenvalue weighted by Crippen LogP contribution is 2.17. The zero-order chi connectivity index (χ0) is 11.7. The Labute approximate surface area is 103 Å². The average molecular weight is 253 g/mol. The molecule has 0 radical (unpaired) electrons.